The number of phosphoric ester groups is 1. The fourth-order valence-electron chi connectivity index (χ4n) is 4.82. The van der Waals surface area contributed by atoms with Gasteiger partial charge in [-0.1, -0.05) is 114 Å². The monoisotopic (exact) mass is 618 g/mol. The van der Waals surface area contributed by atoms with Crippen LogP contribution in [0, 0.1) is 0 Å². The van der Waals surface area contributed by atoms with Gasteiger partial charge in [0.25, 0.3) is 0 Å². The van der Waals surface area contributed by atoms with Crippen LogP contribution >= 0.6 is 19.2 Å². The summed E-state index contributed by atoms with van der Waals surface area (Å²) in [6.07, 6.45) is 19.0. The van der Waals surface area contributed by atoms with Gasteiger partial charge in [-0.2, -0.15) is 0 Å². The average molecular weight is 619 g/mol. The molecule has 2 N–H and O–H groups in total. The van der Waals surface area contributed by atoms with Crippen LogP contribution in [0.5, 0.6) is 23.0 Å². The van der Waals surface area contributed by atoms with E-state index < -0.39 is 7.82 Å². The number of H-pyrrole nitrogens is 1. The van der Waals surface area contributed by atoms with Crippen molar-refractivity contribution in [3.05, 3.63) is 64.1 Å². The Morgan fingerprint density at radius 2 is 1.48 bits per heavy atom. The Balaban J connectivity index is 1.43. The molecule has 0 radical (unpaired) electrons. The highest BCUT2D eigenvalue weighted by Crippen LogP contribution is 2.49. The van der Waals surface area contributed by atoms with Crippen LogP contribution in [0.3, 0.4) is 0 Å². The summed E-state index contributed by atoms with van der Waals surface area (Å²) in [6, 6.07) is 12.2. The zero-order valence-electron chi connectivity index (χ0n) is 25.6. The average Bonchev–Trinajstić information content (AvgIpc) is 3.42. The van der Waals surface area contributed by atoms with E-state index in [9.17, 15) is 9.46 Å². The number of phosphoric acid groups is 1. The van der Waals surface area contributed by atoms with E-state index in [1.165, 1.54) is 76.2 Å². The third-order valence-corrected chi connectivity index (χ3v) is 9.14. The van der Waals surface area contributed by atoms with Crippen molar-refractivity contribution < 1.29 is 33.0 Å². The molecule has 0 saturated carbocycles. The number of methoxy groups -OCH3 is 1. The minimum atomic E-state index is -4.50. The summed E-state index contributed by atoms with van der Waals surface area (Å²) in [4.78, 5) is 15.1. The predicted molar refractivity (Wildman–Crippen MR) is 170 cm³/mol. The zero-order valence-corrected chi connectivity index (χ0v) is 27.3. The van der Waals surface area contributed by atoms with Crippen molar-refractivity contribution in [2.75, 3.05) is 13.7 Å². The number of para-hydroxylation sites is 1. The molecule has 0 aliphatic rings. The molecule has 42 heavy (non-hydrogen) atoms. The summed E-state index contributed by atoms with van der Waals surface area (Å²) in [5, 5.41) is 1.11. The number of hydrogen-bond acceptors (Lipinski definition) is 6. The molecular formula is C33H49NO6PS+. The molecule has 7 nitrogen and oxygen atoms in total. The van der Waals surface area contributed by atoms with Crippen LogP contribution in [0.15, 0.2) is 48.7 Å². The second kappa shape index (κ2) is 18.9. The molecule has 0 aliphatic heterocycles. The Kier molecular flexibility index (Phi) is 15.3. The number of ether oxygens (including phenoxy) is 2. The number of rotatable bonds is 22. The molecule has 3 rings (SSSR count). The predicted octanol–water partition coefficient (Wildman–Crippen LogP) is 9.36. The molecule has 0 spiro atoms. The molecule has 3 aromatic rings. The Labute approximate surface area is 256 Å². The molecule has 232 valence electrons. The lowest BCUT2D eigenvalue weighted by Crippen LogP contribution is -2.05. The van der Waals surface area contributed by atoms with Gasteiger partial charge in [0, 0.05) is 0 Å². The van der Waals surface area contributed by atoms with Crippen molar-refractivity contribution in [1.82, 2.24) is 0 Å². The molecule has 0 amide bonds. The molecule has 0 bridgehead atoms. The number of aryl methyl sites for hydroxylation is 1. The second-order valence-corrected chi connectivity index (χ2v) is 13.2. The van der Waals surface area contributed by atoms with Crippen molar-refractivity contribution in [2.24, 2.45) is 0 Å². The maximum Gasteiger partial charge on any atom is 0.585 e. The smallest absolute Gasteiger partial charge is 0.490 e. The van der Waals surface area contributed by atoms with Gasteiger partial charge in [-0.15, -0.1) is 0 Å². The highest BCUT2D eigenvalue weighted by molar-refractivity contribution is 7.48. The van der Waals surface area contributed by atoms with Gasteiger partial charge in [-0.25, -0.2) is 9.55 Å². The Morgan fingerprint density at radius 3 is 2.12 bits per heavy atom. The molecule has 9 heteroatoms. The van der Waals surface area contributed by atoms with Crippen LogP contribution in [0.1, 0.15) is 106 Å². The first-order valence-electron chi connectivity index (χ1n) is 15.5. The van der Waals surface area contributed by atoms with E-state index in [0.29, 0.717) is 18.8 Å². The number of hydrogen-bond donors (Lipinski definition) is 1. The minimum Gasteiger partial charge on any atom is -0.490 e. The summed E-state index contributed by atoms with van der Waals surface area (Å²) >= 11 is 1.72. The van der Waals surface area contributed by atoms with Gasteiger partial charge in [-0.05, 0) is 42.7 Å². The lowest BCUT2D eigenvalue weighted by atomic mass is 10.1. The highest BCUT2D eigenvalue weighted by atomic mass is 32.1. The molecule has 1 aromatic heterocycles. The lowest BCUT2D eigenvalue weighted by Gasteiger charge is -2.18. The van der Waals surface area contributed by atoms with Gasteiger partial charge in [0.05, 0.1) is 25.0 Å². The normalized spacial score (nSPS) is 12.6. The molecule has 2 aromatic carbocycles. The first kappa shape index (κ1) is 34.0. The number of thiazole rings is 1. The van der Waals surface area contributed by atoms with E-state index >= 15 is 0 Å². The van der Waals surface area contributed by atoms with Gasteiger partial charge in [-0.3, -0.25) is 4.89 Å². The van der Waals surface area contributed by atoms with E-state index in [2.05, 4.69) is 18.8 Å². The van der Waals surface area contributed by atoms with E-state index in [0.717, 1.165) is 29.8 Å². The van der Waals surface area contributed by atoms with Gasteiger partial charge in [0.2, 0.25) is 10.8 Å². The van der Waals surface area contributed by atoms with E-state index in [1.807, 2.05) is 12.3 Å². The summed E-state index contributed by atoms with van der Waals surface area (Å²) in [5.41, 5.74) is 0.957. The lowest BCUT2D eigenvalue weighted by molar-refractivity contribution is -0.381. The molecule has 0 fully saturated rings. The highest BCUT2D eigenvalue weighted by Gasteiger charge is 2.28. The van der Waals surface area contributed by atoms with Crippen molar-refractivity contribution in [1.29, 1.82) is 0 Å². The number of benzene rings is 2. The second-order valence-electron chi connectivity index (χ2n) is 10.6. The summed E-state index contributed by atoms with van der Waals surface area (Å²) in [7, 11) is -3.02. The maximum atomic E-state index is 12.9. The Bertz CT molecular complexity index is 1230. The third kappa shape index (κ3) is 12.4. The van der Waals surface area contributed by atoms with Gasteiger partial charge >= 0.3 is 7.82 Å². The SMILES string of the molecule is CCCCCCCCCCCCCCOc1cccc(OP(=O)(O)Oc2cccc(Cc3[nH+]cc(CC)s3)c2)c1OC. The number of aromatic nitrogens is 1. The molecule has 1 heterocycles. The topological polar surface area (TPSA) is 88.4 Å². The van der Waals surface area contributed by atoms with Crippen LogP contribution in [0.2, 0.25) is 0 Å². The van der Waals surface area contributed by atoms with Crippen molar-refractivity contribution >= 4 is 19.2 Å². The van der Waals surface area contributed by atoms with E-state index in [-0.39, 0.29) is 17.2 Å². The molecule has 1 atom stereocenters. The van der Waals surface area contributed by atoms with E-state index in [1.54, 1.807) is 47.7 Å². The largest absolute Gasteiger partial charge is 0.585 e. The van der Waals surface area contributed by atoms with Crippen LogP contribution in [-0.2, 0) is 17.4 Å². The summed E-state index contributed by atoms with van der Waals surface area (Å²) < 4.78 is 35.3. The quantitative estimate of drug-likeness (QED) is 0.0892. The Morgan fingerprint density at radius 1 is 0.833 bits per heavy atom. The van der Waals surface area contributed by atoms with Gasteiger partial charge in [0.1, 0.15) is 5.75 Å². The van der Waals surface area contributed by atoms with Gasteiger partial charge < -0.3 is 18.5 Å². The fourth-order valence-corrected chi connectivity index (χ4v) is 6.57. The number of unbranched alkanes of at least 4 members (excludes halogenated alkanes) is 11. The number of nitrogens with one attached hydrogen (secondary N) is 1. The van der Waals surface area contributed by atoms with Crippen LogP contribution in [0.4, 0.5) is 0 Å². The fraction of sp³-hybridized carbons (Fsp3) is 0.545. The molecule has 0 aliphatic carbocycles. The Hall–Kier alpha value is -2.54. The first-order chi connectivity index (χ1) is 20.4. The maximum absolute atomic E-state index is 12.9. The molecular weight excluding hydrogens is 569 g/mol. The standard InChI is InChI=1S/C33H48NO6PS/c1-4-6-7-8-9-10-11-12-13-14-15-16-23-38-30-21-18-22-31(33(30)37-3)40-41(35,36)39-28-20-17-19-27(24-28)25-32-34-26-29(5-2)42-32/h17-22,24,26H,4-16,23,25H2,1-3H3,(H,35,36)/p+1. The third-order valence-electron chi connectivity index (χ3n) is 7.10. The van der Waals surface area contributed by atoms with Gasteiger partial charge in [0.15, 0.2) is 17.7 Å². The number of aromatic amines is 1. The molecule has 0 saturated heterocycles. The van der Waals surface area contributed by atoms with Crippen molar-refractivity contribution in [3.63, 3.8) is 0 Å². The minimum absolute atomic E-state index is 0.0898. The van der Waals surface area contributed by atoms with Crippen LogP contribution < -0.4 is 23.5 Å². The molecule has 1 unspecified atom stereocenters. The zero-order chi connectivity index (χ0) is 30.0. The van der Waals surface area contributed by atoms with Crippen LogP contribution in [-0.4, -0.2) is 18.6 Å². The summed E-state index contributed by atoms with van der Waals surface area (Å²) in [5.74, 6) is 1.08. The first-order valence-corrected chi connectivity index (χ1v) is 17.8. The van der Waals surface area contributed by atoms with Crippen molar-refractivity contribution in [3.8, 4) is 23.0 Å². The van der Waals surface area contributed by atoms with E-state index in [4.69, 9.17) is 18.5 Å². The van der Waals surface area contributed by atoms with Crippen LogP contribution in [0.25, 0.3) is 0 Å². The van der Waals surface area contributed by atoms with Crippen molar-refractivity contribution in [2.45, 2.75) is 104 Å². The summed E-state index contributed by atoms with van der Waals surface area (Å²) in [6.45, 7) is 4.92.